The average Bonchev–Trinajstić information content (AvgIpc) is 2.25. The molecule has 104 valence electrons. The van der Waals surface area contributed by atoms with Crippen LogP contribution >= 0.6 is 12.2 Å². The monoisotopic (exact) mass is 279 g/mol. The van der Waals surface area contributed by atoms with Crippen molar-refractivity contribution < 1.29 is 4.74 Å². The summed E-state index contributed by atoms with van der Waals surface area (Å²) in [5, 5.41) is 0. The van der Waals surface area contributed by atoms with Crippen LogP contribution in [0.1, 0.15) is 33.4 Å². The SMILES string of the molecule is CC1(C)CN(c2ccnc(C(N)=S)c2)CC(C)(C)O1. The van der Waals surface area contributed by atoms with Gasteiger partial charge in [0.05, 0.1) is 16.9 Å². The average molecular weight is 279 g/mol. The molecule has 2 heterocycles. The number of nitrogens with two attached hydrogens (primary N) is 1. The molecule has 1 aromatic heterocycles. The second kappa shape index (κ2) is 4.72. The van der Waals surface area contributed by atoms with E-state index in [4.69, 9.17) is 22.7 Å². The van der Waals surface area contributed by atoms with Crippen molar-refractivity contribution in [2.24, 2.45) is 5.73 Å². The second-order valence-corrected chi connectivity index (χ2v) is 6.68. The van der Waals surface area contributed by atoms with Gasteiger partial charge in [0.15, 0.2) is 0 Å². The van der Waals surface area contributed by atoms with Crippen LogP contribution in [0.5, 0.6) is 0 Å². The number of aromatic nitrogens is 1. The predicted octanol–water partition coefficient (Wildman–Crippen LogP) is 2.11. The van der Waals surface area contributed by atoms with Crippen LogP contribution in [0.3, 0.4) is 0 Å². The molecular formula is C14H21N3OS. The highest BCUT2D eigenvalue weighted by Crippen LogP contribution is 2.31. The normalized spacial score (nSPS) is 21.2. The van der Waals surface area contributed by atoms with Crippen LogP contribution in [0.15, 0.2) is 18.3 Å². The van der Waals surface area contributed by atoms with Gasteiger partial charge in [-0.25, -0.2) is 0 Å². The standard InChI is InChI=1S/C14H21N3OS/c1-13(2)8-17(9-14(3,4)18-13)10-5-6-16-11(7-10)12(15)19/h5-7H,8-9H2,1-4H3,(H2,15,19). The Kier molecular flexibility index (Phi) is 3.53. The molecule has 0 aliphatic carbocycles. The number of ether oxygens (including phenoxy) is 1. The molecule has 0 saturated carbocycles. The minimum Gasteiger partial charge on any atom is -0.388 e. The third-order valence-corrected chi connectivity index (χ3v) is 3.27. The van der Waals surface area contributed by atoms with Crippen LogP contribution < -0.4 is 10.6 Å². The molecule has 0 atom stereocenters. The number of pyridine rings is 1. The van der Waals surface area contributed by atoms with Gasteiger partial charge in [0.1, 0.15) is 4.99 Å². The Morgan fingerprint density at radius 1 is 1.32 bits per heavy atom. The molecule has 0 amide bonds. The van der Waals surface area contributed by atoms with E-state index in [1.165, 1.54) is 0 Å². The van der Waals surface area contributed by atoms with Crippen molar-refractivity contribution in [1.82, 2.24) is 4.98 Å². The second-order valence-electron chi connectivity index (χ2n) is 6.24. The van der Waals surface area contributed by atoms with Gasteiger partial charge in [0.25, 0.3) is 0 Å². The number of anilines is 1. The smallest absolute Gasteiger partial charge is 0.122 e. The minimum absolute atomic E-state index is 0.186. The minimum atomic E-state index is -0.186. The zero-order valence-corrected chi connectivity index (χ0v) is 12.8. The fraction of sp³-hybridized carbons (Fsp3) is 0.571. The third kappa shape index (κ3) is 3.42. The van der Waals surface area contributed by atoms with Gasteiger partial charge in [-0.15, -0.1) is 0 Å². The number of rotatable bonds is 2. The van der Waals surface area contributed by atoms with E-state index in [0.717, 1.165) is 18.8 Å². The van der Waals surface area contributed by atoms with E-state index in [1.807, 2.05) is 12.1 Å². The maximum absolute atomic E-state index is 6.08. The molecule has 2 N–H and O–H groups in total. The molecule has 0 bridgehead atoms. The molecule has 1 aliphatic rings. The zero-order valence-electron chi connectivity index (χ0n) is 11.9. The number of thiocarbonyl (C=S) groups is 1. The first-order valence-corrected chi connectivity index (χ1v) is 6.80. The Hall–Kier alpha value is -1.20. The molecule has 19 heavy (non-hydrogen) atoms. The molecule has 1 saturated heterocycles. The molecule has 4 nitrogen and oxygen atoms in total. The molecular weight excluding hydrogens is 258 g/mol. The van der Waals surface area contributed by atoms with E-state index < -0.39 is 0 Å². The highest BCUT2D eigenvalue weighted by Gasteiger charge is 2.38. The molecule has 0 radical (unpaired) electrons. The fourth-order valence-electron chi connectivity index (χ4n) is 2.72. The van der Waals surface area contributed by atoms with Crippen LogP contribution in [0, 0.1) is 0 Å². The highest BCUT2D eigenvalue weighted by atomic mass is 32.1. The Balaban J connectivity index is 2.30. The Labute approximate surface area is 120 Å². The van der Waals surface area contributed by atoms with Gasteiger partial charge in [-0.1, -0.05) is 12.2 Å². The van der Waals surface area contributed by atoms with Gasteiger partial charge in [-0.3, -0.25) is 4.98 Å². The van der Waals surface area contributed by atoms with Crippen molar-refractivity contribution in [3.63, 3.8) is 0 Å². The topological polar surface area (TPSA) is 51.4 Å². The van der Waals surface area contributed by atoms with Gasteiger partial charge < -0.3 is 15.4 Å². The molecule has 0 unspecified atom stereocenters. The first-order chi connectivity index (χ1) is 8.69. The van der Waals surface area contributed by atoms with Crippen molar-refractivity contribution in [2.45, 2.75) is 38.9 Å². The van der Waals surface area contributed by atoms with Crippen LogP contribution in [0.4, 0.5) is 5.69 Å². The Bertz CT molecular complexity index is 483. The van der Waals surface area contributed by atoms with E-state index in [9.17, 15) is 0 Å². The number of hydrogen-bond acceptors (Lipinski definition) is 4. The van der Waals surface area contributed by atoms with Crippen LogP contribution in [0.2, 0.25) is 0 Å². The number of hydrogen-bond donors (Lipinski definition) is 1. The summed E-state index contributed by atoms with van der Waals surface area (Å²) in [5.41, 5.74) is 7.02. The summed E-state index contributed by atoms with van der Waals surface area (Å²) < 4.78 is 6.08. The molecule has 5 heteroatoms. The first-order valence-electron chi connectivity index (χ1n) is 6.40. The number of morpholine rings is 1. The maximum Gasteiger partial charge on any atom is 0.122 e. The fourth-order valence-corrected chi connectivity index (χ4v) is 2.83. The van der Waals surface area contributed by atoms with Gasteiger partial charge >= 0.3 is 0 Å². The third-order valence-electron chi connectivity index (χ3n) is 3.06. The summed E-state index contributed by atoms with van der Waals surface area (Å²) in [6, 6.07) is 3.93. The first kappa shape index (κ1) is 14.2. The van der Waals surface area contributed by atoms with Crippen molar-refractivity contribution in [3.05, 3.63) is 24.0 Å². The van der Waals surface area contributed by atoms with Gasteiger partial charge in [-0.05, 0) is 39.8 Å². The van der Waals surface area contributed by atoms with Crippen molar-refractivity contribution >= 4 is 22.9 Å². The van der Waals surface area contributed by atoms with Gasteiger partial charge in [-0.2, -0.15) is 0 Å². The van der Waals surface area contributed by atoms with Gasteiger partial charge in [0, 0.05) is 25.0 Å². The lowest BCUT2D eigenvalue weighted by atomic mass is 9.98. The Morgan fingerprint density at radius 3 is 2.42 bits per heavy atom. The van der Waals surface area contributed by atoms with E-state index >= 15 is 0 Å². The van der Waals surface area contributed by atoms with E-state index in [2.05, 4.69) is 37.6 Å². The molecule has 2 rings (SSSR count). The largest absolute Gasteiger partial charge is 0.388 e. The molecule has 1 aromatic rings. The van der Waals surface area contributed by atoms with E-state index in [0.29, 0.717) is 10.7 Å². The predicted molar refractivity (Wildman–Crippen MR) is 81.6 cm³/mol. The summed E-state index contributed by atoms with van der Waals surface area (Å²) in [6.07, 6.45) is 1.75. The van der Waals surface area contributed by atoms with Crippen molar-refractivity contribution in [1.29, 1.82) is 0 Å². The summed E-state index contributed by atoms with van der Waals surface area (Å²) in [4.78, 5) is 6.81. The maximum atomic E-state index is 6.08. The molecule has 0 spiro atoms. The Morgan fingerprint density at radius 2 is 1.89 bits per heavy atom. The lowest BCUT2D eigenvalue weighted by Gasteiger charge is -2.48. The quantitative estimate of drug-likeness (QED) is 0.840. The summed E-state index contributed by atoms with van der Waals surface area (Å²) in [5.74, 6) is 0. The lowest BCUT2D eigenvalue weighted by molar-refractivity contribution is -0.133. The highest BCUT2D eigenvalue weighted by molar-refractivity contribution is 7.80. The van der Waals surface area contributed by atoms with E-state index in [1.54, 1.807) is 6.20 Å². The lowest BCUT2D eigenvalue weighted by Crippen LogP contribution is -2.57. The zero-order chi connectivity index (χ0) is 14.3. The van der Waals surface area contributed by atoms with Crippen LogP contribution in [-0.4, -0.2) is 34.3 Å². The molecule has 0 aromatic carbocycles. The van der Waals surface area contributed by atoms with Gasteiger partial charge in [0.2, 0.25) is 0 Å². The molecule has 1 aliphatic heterocycles. The summed E-state index contributed by atoms with van der Waals surface area (Å²) in [7, 11) is 0. The van der Waals surface area contributed by atoms with Crippen LogP contribution in [0.25, 0.3) is 0 Å². The van der Waals surface area contributed by atoms with Crippen molar-refractivity contribution in [3.8, 4) is 0 Å². The number of nitrogens with zero attached hydrogens (tertiary/aromatic N) is 2. The summed E-state index contributed by atoms with van der Waals surface area (Å²) >= 11 is 4.99. The molecule has 1 fully saturated rings. The van der Waals surface area contributed by atoms with Crippen LogP contribution in [-0.2, 0) is 4.74 Å². The van der Waals surface area contributed by atoms with E-state index in [-0.39, 0.29) is 11.2 Å². The van der Waals surface area contributed by atoms with Crippen molar-refractivity contribution in [2.75, 3.05) is 18.0 Å². The summed E-state index contributed by atoms with van der Waals surface area (Å²) in [6.45, 7) is 10.1.